The molecule has 2 rings (SSSR count). The Balaban J connectivity index is 1.89. The number of halogens is 1. The van der Waals surface area contributed by atoms with Crippen LogP contribution in [0.4, 0.5) is 5.82 Å². The van der Waals surface area contributed by atoms with Crippen LogP contribution in [0.3, 0.4) is 0 Å². The van der Waals surface area contributed by atoms with E-state index in [1.807, 2.05) is 12.1 Å². The lowest BCUT2D eigenvalue weighted by atomic mass is 9.79. The highest BCUT2D eigenvalue weighted by Gasteiger charge is 2.31. The lowest BCUT2D eigenvalue weighted by Crippen LogP contribution is -2.40. The van der Waals surface area contributed by atoms with Crippen LogP contribution in [0.2, 0.25) is 5.15 Å². The van der Waals surface area contributed by atoms with Crippen molar-refractivity contribution in [2.24, 2.45) is 5.92 Å². The number of nitrogens with zero attached hydrogens (tertiary/aromatic N) is 1. The fourth-order valence-corrected chi connectivity index (χ4v) is 2.40. The average molecular weight is 255 g/mol. The molecule has 1 fully saturated rings. The molecule has 1 saturated carbocycles. The summed E-state index contributed by atoms with van der Waals surface area (Å²) in [5.74, 6) is 1.46. The quantitative estimate of drug-likeness (QED) is 0.815. The molecule has 1 aliphatic rings. The van der Waals surface area contributed by atoms with Gasteiger partial charge in [-0.05, 0) is 43.7 Å². The first-order valence-corrected chi connectivity index (χ1v) is 6.54. The van der Waals surface area contributed by atoms with Crippen LogP contribution >= 0.6 is 11.6 Å². The highest BCUT2D eigenvalue weighted by molar-refractivity contribution is 6.29. The summed E-state index contributed by atoms with van der Waals surface area (Å²) in [6.45, 7) is 2.79. The zero-order chi connectivity index (χ0) is 12.3. The van der Waals surface area contributed by atoms with E-state index in [9.17, 15) is 5.11 Å². The minimum Gasteiger partial charge on any atom is -0.388 e. The molecule has 94 valence electrons. The Morgan fingerprint density at radius 2 is 2.18 bits per heavy atom. The molecule has 4 heteroatoms. The summed E-state index contributed by atoms with van der Waals surface area (Å²) >= 11 is 5.81. The van der Waals surface area contributed by atoms with Gasteiger partial charge in [0.25, 0.3) is 0 Å². The molecule has 1 aromatic rings. The number of aliphatic hydroxyl groups is 1. The molecule has 0 aliphatic heterocycles. The van der Waals surface area contributed by atoms with Crippen molar-refractivity contribution in [3.63, 3.8) is 0 Å². The monoisotopic (exact) mass is 254 g/mol. The van der Waals surface area contributed by atoms with Gasteiger partial charge in [0.1, 0.15) is 11.0 Å². The molecular formula is C13H19ClN2O. The van der Waals surface area contributed by atoms with E-state index in [0.717, 1.165) is 37.4 Å². The zero-order valence-electron chi connectivity index (χ0n) is 10.1. The molecule has 0 amide bonds. The van der Waals surface area contributed by atoms with E-state index in [4.69, 9.17) is 11.6 Å². The summed E-state index contributed by atoms with van der Waals surface area (Å²) in [6.07, 6.45) is 3.92. The molecule has 0 radical (unpaired) electrons. The van der Waals surface area contributed by atoms with Gasteiger partial charge in [0, 0.05) is 6.54 Å². The highest BCUT2D eigenvalue weighted by Crippen LogP contribution is 2.31. The number of hydrogen-bond donors (Lipinski definition) is 2. The number of hydrogen-bond acceptors (Lipinski definition) is 3. The second-order valence-corrected chi connectivity index (χ2v) is 5.49. The summed E-state index contributed by atoms with van der Waals surface area (Å²) in [5, 5.41) is 14.0. The number of nitrogens with one attached hydrogen (secondary N) is 1. The Hall–Kier alpha value is -0.800. The lowest BCUT2D eigenvalue weighted by molar-refractivity contribution is 0.00495. The van der Waals surface area contributed by atoms with Gasteiger partial charge >= 0.3 is 0 Å². The summed E-state index contributed by atoms with van der Waals surface area (Å²) in [7, 11) is 0. The van der Waals surface area contributed by atoms with Crippen molar-refractivity contribution in [2.45, 2.75) is 38.2 Å². The van der Waals surface area contributed by atoms with Crippen molar-refractivity contribution in [3.8, 4) is 0 Å². The first-order chi connectivity index (χ1) is 8.07. The molecular weight excluding hydrogens is 236 g/mol. The fourth-order valence-electron chi connectivity index (χ4n) is 2.24. The molecule has 1 aromatic heterocycles. The molecule has 0 saturated heterocycles. The predicted octanol–water partition coefficient (Wildman–Crippen LogP) is 3.09. The van der Waals surface area contributed by atoms with Gasteiger partial charge in [-0.15, -0.1) is 0 Å². The van der Waals surface area contributed by atoms with E-state index >= 15 is 0 Å². The summed E-state index contributed by atoms with van der Waals surface area (Å²) in [5.41, 5.74) is -0.587. The molecule has 0 spiro atoms. The molecule has 3 nitrogen and oxygen atoms in total. The molecule has 0 unspecified atom stereocenters. The maximum atomic E-state index is 10.4. The van der Waals surface area contributed by atoms with Crippen molar-refractivity contribution in [3.05, 3.63) is 23.4 Å². The van der Waals surface area contributed by atoms with Crippen molar-refractivity contribution >= 4 is 17.4 Å². The SMILES string of the molecule is CC1CCC(O)(CNc2cccc(Cl)n2)CC1. The average Bonchev–Trinajstić information content (AvgIpc) is 2.31. The zero-order valence-corrected chi connectivity index (χ0v) is 10.9. The van der Waals surface area contributed by atoms with Gasteiger partial charge in [-0.2, -0.15) is 0 Å². The van der Waals surface area contributed by atoms with Crippen LogP contribution in [0.1, 0.15) is 32.6 Å². The molecule has 0 bridgehead atoms. The second kappa shape index (κ2) is 5.23. The van der Waals surface area contributed by atoms with Crippen LogP contribution in [0.25, 0.3) is 0 Å². The topological polar surface area (TPSA) is 45.1 Å². The molecule has 1 heterocycles. The van der Waals surface area contributed by atoms with Gasteiger partial charge < -0.3 is 10.4 Å². The van der Waals surface area contributed by atoms with Gasteiger partial charge in [-0.3, -0.25) is 0 Å². The van der Waals surface area contributed by atoms with Gasteiger partial charge in [0.05, 0.1) is 5.60 Å². The third kappa shape index (κ3) is 3.58. The molecule has 0 aromatic carbocycles. The van der Waals surface area contributed by atoms with Gasteiger partial charge in [0.15, 0.2) is 0 Å². The number of pyridine rings is 1. The minimum atomic E-state index is -0.587. The van der Waals surface area contributed by atoms with Crippen LogP contribution in [0, 0.1) is 5.92 Å². The smallest absolute Gasteiger partial charge is 0.131 e. The maximum absolute atomic E-state index is 10.4. The molecule has 1 aliphatic carbocycles. The number of anilines is 1. The third-order valence-corrected chi connectivity index (χ3v) is 3.73. The summed E-state index contributed by atoms with van der Waals surface area (Å²) < 4.78 is 0. The number of aromatic nitrogens is 1. The fraction of sp³-hybridized carbons (Fsp3) is 0.615. The summed E-state index contributed by atoms with van der Waals surface area (Å²) in [6, 6.07) is 5.45. The Morgan fingerprint density at radius 3 is 2.82 bits per heavy atom. The summed E-state index contributed by atoms with van der Waals surface area (Å²) in [4.78, 5) is 4.15. The predicted molar refractivity (Wildman–Crippen MR) is 70.3 cm³/mol. The highest BCUT2D eigenvalue weighted by atomic mass is 35.5. The molecule has 17 heavy (non-hydrogen) atoms. The first-order valence-electron chi connectivity index (χ1n) is 6.16. The van der Waals surface area contributed by atoms with Crippen LogP contribution < -0.4 is 5.32 Å². The Kier molecular flexibility index (Phi) is 3.89. The Labute approximate surface area is 107 Å². The van der Waals surface area contributed by atoms with E-state index in [2.05, 4.69) is 17.2 Å². The molecule has 2 N–H and O–H groups in total. The number of rotatable bonds is 3. The van der Waals surface area contributed by atoms with E-state index in [1.54, 1.807) is 6.07 Å². The van der Waals surface area contributed by atoms with Crippen molar-refractivity contribution in [1.29, 1.82) is 0 Å². The van der Waals surface area contributed by atoms with Crippen molar-refractivity contribution in [2.75, 3.05) is 11.9 Å². The second-order valence-electron chi connectivity index (χ2n) is 5.11. The van der Waals surface area contributed by atoms with Crippen molar-refractivity contribution in [1.82, 2.24) is 4.98 Å². The Bertz CT molecular complexity index is 375. The van der Waals surface area contributed by atoms with E-state index in [-0.39, 0.29) is 0 Å². The van der Waals surface area contributed by atoms with Crippen LogP contribution in [-0.2, 0) is 0 Å². The van der Waals surface area contributed by atoms with Crippen LogP contribution in [0.15, 0.2) is 18.2 Å². The standard InChI is InChI=1S/C13H19ClN2O/c1-10-5-7-13(17,8-6-10)9-15-12-4-2-3-11(14)16-12/h2-4,10,17H,5-9H2,1H3,(H,15,16). The Morgan fingerprint density at radius 1 is 1.47 bits per heavy atom. The minimum absolute atomic E-state index is 0.472. The van der Waals surface area contributed by atoms with Crippen molar-refractivity contribution < 1.29 is 5.11 Å². The maximum Gasteiger partial charge on any atom is 0.131 e. The van der Waals surface area contributed by atoms with Gasteiger partial charge in [-0.1, -0.05) is 24.6 Å². The third-order valence-electron chi connectivity index (χ3n) is 3.52. The first kappa shape index (κ1) is 12.7. The van der Waals surface area contributed by atoms with E-state index < -0.39 is 5.60 Å². The molecule has 0 atom stereocenters. The lowest BCUT2D eigenvalue weighted by Gasteiger charge is -2.35. The largest absolute Gasteiger partial charge is 0.388 e. The van der Waals surface area contributed by atoms with Gasteiger partial charge in [0.2, 0.25) is 0 Å². The van der Waals surface area contributed by atoms with Gasteiger partial charge in [-0.25, -0.2) is 4.98 Å². The normalized spacial score (nSPS) is 29.0. The van der Waals surface area contributed by atoms with E-state index in [1.165, 1.54) is 0 Å². The van der Waals surface area contributed by atoms with Crippen LogP contribution in [0.5, 0.6) is 0 Å². The van der Waals surface area contributed by atoms with Crippen LogP contribution in [-0.4, -0.2) is 22.2 Å². The van der Waals surface area contributed by atoms with E-state index in [0.29, 0.717) is 11.7 Å².